The van der Waals surface area contributed by atoms with Crippen LogP contribution in [0.3, 0.4) is 0 Å². The van der Waals surface area contributed by atoms with E-state index in [0.29, 0.717) is 0 Å². The molecule has 0 spiro atoms. The second-order valence-electron chi connectivity index (χ2n) is 2.97. The number of hydrogen-bond acceptors (Lipinski definition) is 3. The predicted octanol–water partition coefficient (Wildman–Crippen LogP) is -0.230. The lowest BCUT2D eigenvalue weighted by Gasteiger charge is -2.10. The van der Waals surface area contributed by atoms with Crippen LogP contribution in [0.15, 0.2) is 23.4 Å². The Balaban J connectivity index is 2.88. The summed E-state index contributed by atoms with van der Waals surface area (Å²) in [5.74, 6) is 0.793. The summed E-state index contributed by atoms with van der Waals surface area (Å²) >= 11 is 0. The van der Waals surface area contributed by atoms with Crippen LogP contribution in [0.25, 0.3) is 0 Å². The molecule has 3 N–H and O–H groups in total. The second-order valence-corrected chi connectivity index (χ2v) is 4.68. The van der Waals surface area contributed by atoms with Gasteiger partial charge in [-0.25, -0.2) is 8.42 Å². The van der Waals surface area contributed by atoms with Crippen molar-refractivity contribution in [3.63, 3.8) is 0 Å². The summed E-state index contributed by atoms with van der Waals surface area (Å²) in [5, 5.41) is 8.73. The minimum absolute atomic E-state index is 0.0317. The molecule has 86 valence electrons. The van der Waals surface area contributed by atoms with E-state index in [1.165, 1.54) is 18.5 Å². The maximum Gasteiger partial charge on any atom is 0.322 e. The summed E-state index contributed by atoms with van der Waals surface area (Å²) < 4.78 is 25.2. The summed E-state index contributed by atoms with van der Waals surface area (Å²) in [6.07, 6.45) is 7.41. The molecule has 1 aromatic rings. The Morgan fingerprint density at radius 1 is 1.69 bits per heavy atom. The molecule has 1 atom stereocenters. The van der Waals surface area contributed by atoms with E-state index < -0.39 is 22.0 Å². The van der Waals surface area contributed by atoms with Crippen molar-refractivity contribution in [2.75, 3.05) is 0 Å². The van der Waals surface area contributed by atoms with E-state index in [0.717, 1.165) is 0 Å². The fourth-order valence-electron chi connectivity index (χ4n) is 1.03. The Kier molecular flexibility index (Phi) is 3.71. The van der Waals surface area contributed by atoms with Gasteiger partial charge >= 0.3 is 5.97 Å². The molecule has 0 aliphatic rings. The molecule has 1 unspecified atom stereocenters. The van der Waals surface area contributed by atoms with E-state index in [4.69, 9.17) is 11.5 Å². The number of sulfonamides is 1. The van der Waals surface area contributed by atoms with Gasteiger partial charge < -0.3 is 10.1 Å². The number of hydrogen-bond donors (Lipinski definition) is 3. The number of nitrogens with one attached hydrogen (secondary N) is 2. The highest BCUT2D eigenvalue weighted by atomic mass is 32.2. The number of carbonyl (C=O) groups is 1. The molecule has 1 heterocycles. The second kappa shape index (κ2) is 4.83. The maximum atomic E-state index is 11.6. The molecular formula is C9H10N2O4S. The maximum absolute atomic E-state index is 11.6. The number of rotatable bonds is 5. The van der Waals surface area contributed by atoms with Crippen LogP contribution >= 0.6 is 0 Å². The largest absolute Gasteiger partial charge is 0.480 e. The van der Waals surface area contributed by atoms with E-state index >= 15 is 0 Å². The summed E-state index contributed by atoms with van der Waals surface area (Å²) in [6.45, 7) is 0. The number of carboxylic acid groups (broad SMARTS) is 1. The van der Waals surface area contributed by atoms with Crippen molar-refractivity contribution < 1.29 is 18.3 Å². The summed E-state index contributed by atoms with van der Waals surface area (Å²) in [5.41, 5.74) is 0. The molecule has 0 radical (unpaired) electrons. The van der Waals surface area contributed by atoms with Crippen molar-refractivity contribution in [1.29, 1.82) is 0 Å². The van der Waals surface area contributed by atoms with Gasteiger partial charge in [0.05, 0.1) is 4.90 Å². The third-order valence-corrected chi connectivity index (χ3v) is 3.27. The molecule has 1 aromatic heterocycles. The van der Waals surface area contributed by atoms with Gasteiger partial charge in [-0.3, -0.25) is 4.79 Å². The lowest BCUT2D eigenvalue weighted by atomic mass is 10.2. The molecule has 7 heteroatoms. The van der Waals surface area contributed by atoms with E-state index in [2.05, 4.69) is 10.9 Å². The summed E-state index contributed by atoms with van der Waals surface area (Å²) in [7, 11) is -3.84. The third-order valence-electron chi connectivity index (χ3n) is 1.80. The quantitative estimate of drug-likeness (QED) is 0.621. The Morgan fingerprint density at radius 3 is 2.81 bits per heavy atom. The Morgan fingerprint density at radius 2 is 2.38 bits per heavy atom. The van der Waals surface area contributed by atoms with Gasteiger partial charge in [0.2, 0.25) is 10.0 Å². The van der Waals surface area contributed by atoms with Crippen LogP contribution in [0.4, 0.5) is 0 Å². The molecule has 0 aliphatic heterocycles. The first-order valence-corrected chi connectivity index (χ1v) is 5.77. The first-order valence-electron chi connectivity index (χ1n) is 4.29. The van der Waals surface area contributed by atoms with E-state index in [1.54, 1.807) is 0 Å². The number of H-pyrrole nitrogens is 1. The third kappa shape index (κ3) is 2.85. The van der Waals surface area contributed by atoms with Crippen molar-refractivity contribution in [3.05, 3.63) is 18.5 Å². The minimum atomic E-state index is -3.84. The first kappa shape index (κ1) is 12.3. The fourth-order valence-corrected chi connectivity index (χ4v) is 2.19. The lowest BCUT2D eigenvalue weighted by Crippen LogP contribution is -2.40. The molecule has 0 fully saturated rings. The standard InChI is InChI=1S/C9H10N2O4S/c1-2-3-8(9(12)13)11-16(14,15)7-4-5-10-6-7/h1,4-6,8,10-11H,3H2,(H,12,13). The molecule has 0 aromatic carbocycles. The van der Waals surface area contributed by atoms with E-state index in [-0.39, 0.29) is 11.3 Å². The Labute approximate surface area is 92.7 Å². The number of terminal acetylenes is 1. The van der Waals surface area contributed by atoms with Crippen molar-refractivity contribution in [2.24, 2.45) is 0 Å². The first-order chi connectivity index (χ1) is 7.47. The van der Waals surface area contributed by atoms with Crippen LogP contribution in [0.2, 0.25) is 0 Å². The number of carboxylic acids is 1. The van der Waals surface area contributed by atoms with Gasteiger partial charge in [-0.15, -0.1) is 12.3 Å². The highest BCUT2D eigenvalue weighted by Crippen LogP contribution is 2.08. The van der Waals surface area contributed by atoms with Crippen LogP contribution in [0, 0.1) is 12.3 Å². The smallest absolute Gasteiger partial charge is 0.322 e. The molecule has 6 nitrogen and oxygen atoms in total. The van der Waals surface area contributed by atoms with Gasteiger partial charge in [0.1, 0.15) is 6.04 Å². The average molecular weight is 242 g/mol. The normalized spacial score (nSPS) is 12.9. The molecule has 0 bridgehead atoms. The zero-order valence-corrected chi connectivity index (χ0v) is 8.99. The van der Waals surface area contributed by atoms with Crippen molar-refractivity contribution >= 4 is 16.0 Å². The number of aromatic amines is 1. The average Bonchev–Trinajstić information content (AvgIpc) is 2.69. The molecular weight excluding hydrogens is 232 g/mol. The monoisotopic (exact) mass is 242 g/mol. The molecule has 0 aliphatic carbocycles. The Bertz CT molecular complexity index is 498. The molecule has 0 saturated heterocycles. The van der Waals surface area contributed by atoms with Gasteiger partial charge in [0, 0.05) is 18.8 Å². The highest BCUT2D eigenvalue weighted by Gasteiger charge is 2.24. The number of aliphatic carboxylic acids is 1. The van der Waals surface area contributed by atoms with Gasteiger partial charge in [-0.05, 0) is 6.07 Å². The molecule has 1 rings (SSSR count). The van der Waals surface area contributed by atoms with Crippen LogP contribution < -0.4 is 4.72 Å². The van der Waals surface area contributed by atoms with Crippen LogP contribution in [-0.2, 0) is 14.8 Å². The molecule has 16 heavy (non-hydrogen) atoms. The van der Waals surface area contributed by atoms with Crippen LogP contribution in [0.1, 0.15) is 6.42 Å². The summed E-state index contributed by atoms with van der Waals surface area (Å²) in [4.78, 5) is 13.2. The zero-order valence-electron chi connectivity index (χ0n) is 8.17. The van der Waals surface area contributed by atoms with E-state index in [9.17, 15) is 13.2 Å². The van der Waals surface area contributed by atoms with Crippen molar-refractivity contribution in [1.82, 2.24) is 9.71 Å². The lowest BCUT2D eigenvalue weighted by molar-refractivity contribution is -0.138. The SMILES string of the molecule is C#CCC(NS(=O)(=O)c1cc[nH]c1)C(=O)O. The van der Waals surface area contributed by atoms with Crippen LogP contribution in [0.5, 0.6) is 0 Å². The molecule has 0 amide bonds. The zero-order chi connectivity index (χ0) is 12.2. The summed E-state index contributed by atoms with van der Waals surface area (Å²) in [6, 6.07) is 0.00168. The van der Waals surface area contributed by atoms with Crippen LogP contribution in [-0.4, -0.2) is 30.5 Å². The highest BCUT2D eigenvalue weighted by molar-refractivity contribution is 7.89. The van der Waals surface area contributed by atoms with Gasteiger partial charge in [0.15, 0.2) is 0 Å². The van der Waals surface area contributed by atoms with Gasteiger partial charge in [0.25, 0.3) is 0 Å². The van der Waals surface area contributed by atoms with Crippen molar-refractivity contribution in [3.8, 4) is 12.3 Å². The van der Waals surface area contributed by atoms with Gasteiger partial charge in [-0.1, -0.05) is 0 Å². The predicted molar refractivity (Wildman–Crippen MR) is 56.0 cm³/mol. The van der Waals surface area contributed by atoms with Gasteiger partial charge in [-0.2, -0.15) is 4.72 Å². The molecule has 0 saturated carbocycles. The Hall–Kier alpha value is -1.78. The van der Waals surface area contributed by atoms with Crippen molar-refractivity contribution in [2.45, 2.75) is 17.4 Å². The fraction of sp³-hybridized carbons (Fsp3) is 0.222. The van der Waals surface area contributed by atoms with E-state index in [1.807, 2.05) is 4.72 Å². The minimum Gasteiger partial charge on any atom is -0.480 e. The number of aromatic nitrogens is 1. The topological polar surface area (TPSA) is 99.3 Å².